The Kier molecular flexibility index (Phi) is 4.57. The van der Waals surface area contributed by atoms with Crippen molar-refractivity contribution in [3.05, 3.63) is 39.8 Å². The monoisotopic (exact) mass is 331 g/mol. The molecule has 120 valence electrons. The number of carbonyl (C=O) groups excluding carboxylic acids is 2. The van der Waals surface area contributed by atoms with Gasteiger partial charge < -0.3 is 15.4 Å². The second kappa shape index (κ2) is 6.78. The van der Waals surface area contributed by atoms with Crippen molar-refractivity contribution in [2.45, 2.75) is 26.3 Å². The standard InChI is InChI=1S/C16H17N3O3S/c1-2-11-9-23-16(18-11)7-17-14(20)6-10-3-4-13-12(5-10)19-15(21)8-22-13/h3-5,9H,2,6-8H2,1H3,(H,17,20)(H,19,21). The number of anilines is 1. The van der Waals surface area contributed by atoms with Crippen LogP contribution in [0.25, 0.3) is 0 Å². The second-order valence-electron chi connectivity index (χ2n) is 5.21. The van der Waals surface area contributed by atoms with E-state index in [0.717, 1.165) is 22.7 Å². The third kappa shape index (κ3) is 3.87. The van der Waals surface area contributed by atoms with E-state index in [-0.39, 0.29) is 24.8 Å². The Morgan fingerprint density at radius 3 is 3.13 bits per heavy atom. The van der Waals surface area contributed by atoms with Crippen molar-refractivity contribution in [3.63, 3.8) is 0 Å². The predicted molar refractivity (Wildman–Crippen MR) is 87.6 cm³/mol. The molecule has 2 amide bonds. The molecule has 23 heavy (non-hydrogen) atoms. The number of hydrogen-bond acceptors (Lipinski definition) is 5. The highest BCUT2D eigenvalue weighted by molar-refractivity contribution is 7.09. The minimum atomic E-state index is -0.186. The lowest BCUT2D eigenvalue weighted by Crippen LogP contribution is -2.26. The molecule has 2 N–H and O–H groups in total. The number of amides is 2. The van der Waals surface area contributed by atoms with Crippen molar-refractivity contribution in [2.24, 2.45) is 0 Å². The maximum atomic E-state index is 12.0. The molecule has 0 fully saturated rings. The van der Waals surface area contributed by atoms with Crippen molar-refractivity contribution in [1.29, 1.82) is 0 Å². The molecular weight excluding hydrogens is 314 g/mol. The Hall–Kier alpha value is -2.41. The lowest BCUT2D eigenvalue weighted by Gasteiger charge is -2.18. The van der Waals surface area contributed by atoms with E-state index in [1.54, 1.807) is 23.5 Å². The summed E-state index contributed by atoms with van der Waals surface area (Å²) in [5.74, 6) is 0.361. The molecule has 0 radical (unpaired) electrons. The molecule has 0 saturated heterocycles. The summed E-state index contributed by atoms with van der Waals surface area (Å²) in [6.45, 7) is 2.52. The highest BCUT2D eigenvalue weighted by atomic mass is 32.1. The van der Waals surface area contributed by atoms with Crippen LogP contribution >= 0.6 is 11.3 Å². The summed E-state index contributed by atoms with van der Waals surface area (Å²) in [6.07, 6.45) is 1.14. The van der Waals surface area contributed by atoms with Gasteiger partial charge in [0.25, 0.3) is 5.91 Å². The van der Waals surface area contributed by atoms with Crippen molar-refractivity contribution in [3.8, 4) is 5.75 Å². The van der Waals surface area contributed by atoms with Crippen molar-refractivity contribution in [2.75, 3.05) is 11.9 Å². The van der Waals surface area contributed by atoms with E-state index < -0.39 is 0 Å². The zero-order chi connectivity index (χ0) is 16.2. The van der Waals surface area contributed by atoms with Gasteiger partial charge in [-0.1, -0.05) is 13.0 Å². The summed E-state index contributed by atoms with van der Waals surface area (Å²) in [5, 5.41) is 8.51. The molecule has 7 heteroatoms. The van der Waals surface area contributed by atoms with Crippen LogP contribution in [0.4, 0.5) is 5.69 Å². The normalized spacial score (nSPS) is 13.0. The highest BCUT2D eigenvalue weighted by Gasteiger charge is 2.16. The van der Waals surface area contributed by atoms with Crippen LogP contribution in [0, 0.1) is 0 Å². The van der Waals surface area contributed by atoms with Crippen molar-refractivity contribution < 1.29 is 14.3 Å². The number of ether oxygens (including phenoxy) is 1. The third-order valence-electron chi connectivity index (χ3n) is 3.44. The number of fused-ring (bicyclic) bond motifs is 1. The lowest BCUT2D eigenvalue weighted by molar-refractivity contribution is -0.120. The number of carbonyl (C=O) groups is 2. The van der Waals surface area contributed by atoms with Gasteiger partial charge in [0.2, 0.25) is 5.91 Å². The molecule has 0 unspecified atom stereocenters. The van der Waals surface area contributed by atoms with E-state index in [1.807, 2.05) is 11.4 Å². The van der Waals surface area contributed by atoms with Gasteiger partial charge in [-0.3, -0.25) is 9.59 Å². The molecule has 0 aliphatic carbocycles. The van der Waals surface area contributed by atoms with E-state index in [0.29, 0.717) is 18.0 Å². The van der Waals surface area contributed by atoms with Crippen LogP contribution in [-0.4, -0.2) is 23.4 Å². The minimum absolute atomic E-state index is 0.0282. The fourth-order valence-corrected chi connectivity index (χ4v) is 3.07. The second-order valence-corrected chi connectivity index (χ2v) is 6.15. The molecule has 1 aliphatic rings. The molecule has 0 spiro atoms. The summed E-state index contributed by atoms with van der Waals surface area (Å²) in [7, 11) is 0. The zero-order valence-electron chi connectivity index (χ0n) is 12.7. The number of aryl methyl sites for hydroxylation is 1. The van der Waals surface area contributed by atoms with Crippen LogP contribution in [0.15, 0.2) is 23.6 Å². The molecule has 0 atom stereocenters. The first kappa shape index (κ1) is 15.5. The Bertz CT molecular complexity index is 742. The summed E-state index contributed by atoms with van der Waals surface area (Å²) in [5.41, 5.74) is 2.48. The van der Waals surface area contributed by atoms with E-state index in [9.17, 15) is 9.59 Å². The number of benzene rings is 1. The summed E-state index contributed by atoms with van der Waals surface area (Å²) in [4.78, 5) is 27.8. The topological polar surface area (TPSA) is 80.3 Å². The fourth-order valence-electron chi connectivity index (χ4n) is 2.25. The highest BCUT2D eigenvalue weighted by Crippen LogP contribution is 2.28. The SMILES string of the molecule is CCc1csc(CNC(=O)Cc2ccc3c(c2)NC(=O)CO3)n1. The first-order chi connectivity index (χ1) is 11.1. The first-order valence-corrected chi connectivity index (χ1v) is 8.27. The van der Waals surface area contributed by atoms with Crippen molar-refractivity contribution >= 4 is 28.8 Å². The van der Waals surface area contributed by atoms with Crippen LogP contribution in [0.1, 0.15) is 23.2 Å². The Morgan fingerprint density at radius 1 is 1.48 bits per heavy atom. The average Bonchev–Trinajstić information content (AvgIpc) is 3.00. The average molecular weight is 331 g/mol. The van der Waals surface area contributed by atoms with E-state index in [1.165, 1.54) is 0 Å². The van der Waals surface area contributed by atoms with E-state index in [2.05, 4.69) is 22.5 Å². The predicted octanol–water partition coefficient (Wildman–Crippen LogP) is 1.90. The molecule has 1 aromatic carbocycles. The fraction of sp³-hybridized carbons (Fsp3) is 0.312. The molecule has 1 aliphatic heterocycles. The summed E-state index contributed by atoms with van der Waals surface area (Å²) in [6, 6.07) is 5.37. The van der Waals surface area contributed by atoms with Gasteiger partial charge >= 0.3 is 0 Å². The third-order valence-corrected chi connectivity index (χ3v) is 4.34. The van der Waals surface area contributed by atoms with Gasteiger partial charge in [0, 0.05) is 5.38 Å². The number of nitrogens with one attached hydrogen (secondary N) is 2. The van der Waals surface area contributed by atoms with Gasteiger partial charge in [0.05, 0.1) is 24.3 Å². The van der Waals surface area contributed by atoms with Crippen molar-refractivity contribution in [1.82, 2.24) is 10.3 Å². The zero-order valence-corrected chi connectivity index (χ0v) is 13.5. The largest absolute Gasteiger partial charge is 0.482 e. The van der Waals surface area contributed by atoms with Gasteiger partial charge in [-0.2, -0.15) is 0 Å². The van der Waals surface area contributed by atoms with Gasteiger partial charge in [0.15, 0.2) is 6.61 Å². The molecule has 2 aromatic rings. The molecule has 6 nitrogen and oxygen atoms in total. The number of thiazole rings is 1. The molecule has 1 aromatic heterocycles. The number of rotatable bonds is 5. The van der Waals surface area contributed by atoms with Gasteiger partial charge in [-0.15, -0.1) is 11.3 Å². The van der Waals surface area contributed by atoms with Crippen LogP contribution in [0.5, 0.6) is 5.75 Å². The maximum absolute atomic E-state index is 12.0. The smallest absolute Gasteiger partial charge is 0.262 e. The van der Waals surface area contributed by atoms with E-state index in [4.69, 9.17) is 4.74 Å². The Labute approximate surface area is 137 Å². The molecule has 2 heterocycles. The first-order valence-electron chi connectivity index (χ1n) is 7.39. The van der Waals surface area contributed by atoms with Gasteiger partial charge in [-0.25, -0.2) is 4.98 Å². The quantitative estimate of drug-likeness (QED) is 0.877. The van der Waals surface area contributed by atoms with E-state index >= 15 is 0 Å². The summed E-state index contributed by atoms with van der Waals surface area (Å²) >= 11 is 1.55. The molecular formula is C16H17N3O3S. The number of aromatic nitrogens is 1. The Morgan fingerprint density at radius 2 is 2.35 bits per heavy atom. The number of nitrogens with zero attached hydrogens (tertiary/aromatic N) is 1. The maximum Gasteiger partial charge on any atom is 0.262 e. The van der Waals surface area contributed by atoms with Gasteiger partial charge in [-0.05, 0) is 24.1 Å². The molecule has 0 saturated carbocycles. The van der Waals surface area contributed by atoms with Crippen LogP contribution in [0.3, 0.4) is 0 Å². The minimum Gasteiger partial charge on any atom is -0.482 e. The molecule has 0 bridgehead atoms. The van der Waals surface area contributed by atoms with Crippen LogP contribution in [0.2, 0.25) is 0 Å². The van der Waals surface area contributed by atoms with Crippen LogP contribution in [-0.2, 0) is 29.0 Å². The molecule has 3 rings (SSSR count). The lowest BCUT2D eigenvalue weighted by atomic mass is 10.1. The number of hydrogen-bond donors (Lipinski definition) is 2. The van der Waals surface area contributed by atoms with Crippen LogP contribution < -0.4 is 15.4 Å². The summed E-state index contributed by atoms with van der Waals surface area (Å²) < 4.78 is 5.29. The van der Waals surface area contributed by atoms with Gasteiger partial charge in [0.1, 0.15) is 10.8 Å². The Balaban J connectivity index is 1.57.